The van der Waals surface area contributed by atoms with E-state index in [0.29, 0.717) is 37.5 Å². The zero-order valence-electron chi connectivity index (χ0n) is 19.8. The predicted molar refractivity (Wildman–Crippen MR) is 135 cm³/mol. The van der Waals surface area contributed by atoms with E-state index in [1.807, 2.05) is 61.5 Å². The fourth-order valence-electron chi connectivity index (χ4n) is 4.09. The molecule has 6 heteroatoms. The van der Waals surface area contributed by atoms with Crippen molar-refractivity contribution in [2.45, 2.75) is 26.3 Å². The Morgan fingerprint density at radius 3 is 2.47 bits per heavy atom. The number of ether oxygens (including phenoxy) is 3. The molecule has 0 aliphatic carbocycles. The number of aromatic nitrogens is 1. The highest BCUT2D eigenvalue weighted by atomic mass is 16.5. The topological polar surface area (TPSA) is 72.6 Å². The molecule has 4 aromatic rings. The first-order valence-corrected chi connectivity index (χ1v) is 11.4. The number of aromatic amines is 1. The highest BCUT2D eigenvalue weighted by Crippen LogP contribution is 2.32. The van der Waals surface area contributed by atoms with Crippen molar-refractivity contribution < 1.29 is 19.0 Å². The lowest BCUT2D eigenvalue weighted by Crippen LogP contribution is -2.23. The van der Waals surface area contributed by atoms with Crippen molar-refractivity contribution in [3.63, 3.8) is 0 Å². The molecule has 0 spiro atoms. The number of para-hydroxylation sites is 1. The molecule has 0 saturated heterocycles. The Bertz CT molecular complexity index is 1260. The summed E-state index contributed by atoms with van der Waals surface area (Å²) in [4.78, 5) is 16.2. The number of carbonyl (C=O) groups is 1. The number of methoxy groups -OCH3 is 2. The lowest BCUT2D eigenvalue weighted by Gasteiger charge is -2.12. The van der Waals surface area contributed by atoms with E-state index in [1.165, 1.54) is 0 Å². The van der Waals surface area contributed by atoms with Gasteiger partial charge in [0.25, 0.3) is 0 Å². The average Bonchev–Trinajstić information content (AvgIpc) is 3.25. The first-order valence-electron chi connectivity index (χ1n) is 11.4. The largest absolute Gasteiger partial charge is 0.497 e. The number of carbonyl (C=O) groups excluding carboxylic acids is 1. The highest BCUT2D eigenvalue weighted by Gasteiger charge is 2.15. The Labute approximate surface area is 199 Å². The van der Waals surface area contributed by atoms with Crippen LogP contribution in [-0.4, -0.2) is 31.7 Å². The van der Waals surface area contributed by atoms with Gasteiger partial charge in [-0.05, 0) is 72.5 Å². The van der Waals surface area contributed by atoms with Crippen LogP contribution in [0, 0.1) is 0 Å². The molecular formula is C28H30N2O4. The smallest absolute Gasteiger partial charge is 0.220 e. The Hall–Kier alpha value is -3.93. The number of H-pyrrole nitrogens is 1. The quantitative estimate of drug-likeness (QED) is 0.329. The Balaban J connectivity index is 1.46. The van der Waals surface area contributed by atoms with Crippen LogP contribution < -0.4 is 19.5 Å². The van der Waals surface area contributed by atoms with Gasteiger partial charge >= 0.3 is 0 Å². The van der Waals surface area contributed by atoms with Gasteiger partial charge in [-0.25, -0.2) is 0 Å². The molecule has 0 saturated carbocycles. The second-order valence-electron chi connectivity index (χ2n) is 7.95. The third-order valence-corrected chi connectivity index (χ3v) is 5.81. The predicted octanol–water partition coefficient (Wildman–Crippen LogP) is 5.50. The van der Waals surface area contributed by atoms with Crippen LogP contribution in [0.1, 0.15) is 24.5 Å². The fraction of sp³-hybridized carbons (Fsp3) is 0.250. The Kier molecular flexibility index (Phi) is 7.38. The summed E-state index contributed by atoms with van der Waals surface area (Å²) in [6.45, 7) is 2.93. The standard InChI is InChI=1S/C28H30N2O4/c1-4-34-25-15-9-19(17-26(25)33-3)18-29-27(31)16-14-23-22-7-5-6-8-24(22)30-28(23)20-10-12-21(32-2)13-11-20/h5-13,15,17,30H,4,14,16,18H2,1-3H3,(H,29,31). The van der Waals surface area contributed by atoms with Crippen LogP contribution in [0.15, 0.2) is 66.7 Å². The van der Waals surface area contributed by atoms with Crippen LogP contribution in [-0.2, 0) is 17.8 Å². The number of aryl methyl sites for hydroxylation is 1. The van der Waals surface area contributed by atoms with Gasteiger partial charge in [-0.15, -0.1) is 0 Å². The third kappa shape index (κ3) is 5.17. The molecule has 4 rings (SSSR count). The molecule has 0 atom stereocenters. The summed E-state index contributed by atoms with van der Waals surface area (Å²) >= 11 is 0. The first kappa shape index (κ1) is 23.2. The van der Waals surface area contributed by atoms with Gasteiger partial charge in [0.15, 0.2) is 11.5 Å². The number of benzene rings is 3. The van der Waals surface area contributed by atoms with E-state index in [4.69, 9.17) is 14.2 Å². The minimum atomic E-state index is -0.00110. The normalized spacial score (nSPS) is 10.8. The Morgan fingerprint density at radius 2 is 1.74 bits per heavy atom. The van der Waals surface area contributed by atoms with Crippen molar-refractivity contribution in [1.82, 2.24) is 10.3 Å². The van der Waals surface area contributed by atoms with Crippen molar-refractivity contribution in [1.29, 1.82) is 0 Å². The minimum Gasteiger partial charge on any atom is -0.497 e. The Morgan fingerprint density at radius 1 is 0.941 bits per heavy atom. The van der Waals surface area contributed by atoms with Crippen LogP contribution in [0.2, 0.25) is 0 Å². The van der Waals surface area contributed by atoms with Crippen LogP contribution >= 0.6 is 0 Å². The molecule has 0 radical (unpaired) electrons. The van der Waals surface area contributed by atoms with Gasteiger partial charge in [0.2, 0.25) is 5.91 Å². The molecule has 34 heavy (non-hydrogen) atoms. The number of rotatable bonds is 10. The molecule has 1 aromatic heterocycles. The lowest BCUT2D eigenvalue weighted by molar-refractivity contribution is -0.121. The molecule has 1 heterocycles. The van der Waals surface area contributed by atoms with E-state index in [-0.39, 0.29) is 5.91 Å². The number of nitrogens with one attached hydrogen (secondary N) is 2. The van der Waals surface area contributed by atoms with E-state index >= 15 is 0 Å². The number of hydrogen-bond donors (Lipinski definition) is 2. The molecule has 176 valence electrons. The molecule has 0 aliphatic heterocycles. The monoisotopic (exact) mass is 458 g/mol. The summed E-state index contributed by atoms with van der Waals surface area (Å²) in [5.41, 5.74) is 5.25. The molecule has 0 unspecified atom stereocenters. The van der Waals surface area contributed by atoms with Crippen molar-refractivity contribution in [3.8, 4) is 28.5 Å². The summed E-state index contributed by atoms with van der Waals surface area (Å²) in [6.07, 6.45) is 1.02. The van der Waals surface area contributed by atoms with Crippen molar-refractivity contribution in [3.05, 3.63) is 77.9 Å². The summed E-state index contributed by atoms with van der Waals surface area (Å²) < 4.78 is 16.3. The second kappa shape index (κ2) is 10.8. The van der Waals surface area contributed by atoms with Gasteiger partial charge in [-0.3, -0.25) is 4.79 Å². The number of hydrogen-bond acceptors (Lipinski definition) is 4. The van der Waals surface area contributed by atoms with Gasteiger partial charge < -0.3 is 24.5 Å². The maximum absolute atomic E-state index is 12.7. The maximum atomic E-state index is 12.7. The van der Waals surface area contributed by atoms with Crippen molar-refractivity contribution in [2.24, 2.45) is 0 Å². The molecule has 0 bridgehead atoms. The van der Waals surface area contributed by atoms with Gasteiger partial charge in [0, 0.05) is 29.6 Å². The van der Waals surface area contributed by atoms with Crippen LogP contribution in [0.4, 0.5) is 0 Å². The highest BCUT2D eigenvalue weighted by molar-refractivity contribution is 5.91. The number of fused-ring (bicyclic) bond motifs is 1. The molecule has 2 N–H and O–H groups in total. The third-order valence-electron chi connectivity index (χ3n) is 5.81. The van der Waals surface area contributed by atoms with E-state index in [1.54, 1.807) is 14.2 Å². The summed E-state index contributed by atoms with van der Waals surface area (Å²) in [6, 6.07) is 21.9. The molecule has 3 aromatic carbocycles. The van der Waals surface area contributed by atoms with Crippen molar-refractivity contribution in [2.75, 3.05) is 20.8 Å². The fourth-order valence-corrected chi connectivity index (χ4v) is 4.09. The van der Waals surface area contributed by atoms with Gasteiger partial charge in [-0.1, -0.05) is 24.3 Å². The molecule has 0 aliphatic rings. The van der Waals surface area contributed by atoms with E-state index in [9.17, 15) is 4.79 Å². The zero-order valence-corrected chi connectivity index (χ0v) is 19.8. The lowest BCUT2D eigenvalue weighted by atomic mass is 10.0. The second-order valence-corrected chi connectivity index (χ2v) is 7.95. The van der Waals surface area contributed by atoms with E-state index < -0.39 is 0 Å². The van der Waals surface area contributed by atoms with Gasteiger partial charge in [0.05, 0.1) is 20.8 Å². The van der Waals surface area contributed by atoms with Crippen LogP contribution in [0.25, 0.3) is 22.2 Å². The average molecular weight is 459 g/mol. The van der Waals surface area contributed by atoms with E-state index in [0.717, 1.165) is 39.0 Å². The molecule has 0 fully saturated rings. The number of amides is 1. The minimum absolute atomic E-state index is 0.00110. The molecule has 1 amide bonds. The maximum Gasteiger partial charge on any atom is 0.220 e. The first-order chi connectivity index (χ1) is 16.6. The summed E-state index contributed by atoms with van der Waals surface area (Å²) in [7, 11) is 3.27. The summed E-state index contributed by atoms with van der Waals surface area (Å²) in [5.74, 6) is 2.17. The van der Waals surface area contributed by atoms with E-state index in [2.05, 4.69) is 22.4 Å². The van der Waals surface area contributed by atoms with Crippen molar-refractivity contribution >= 4 is 16.8 Å². The van der Waals surface area contributed by atoms with Gasteiger partial charge in [0.1, 0.15) is 5.75 Å². The van der Waals surface area contributed by atoms with Gasteiger partial charge in [-0.2, -0.15) is 0 Å². The van der Waals surface area contributed by atoms with Crippen LogP contribution in [0.5, 0.6) is 17.2 Å². The molecular weight excluding hydrogens is 428 g/mol. The summed E-state index contributed by atoms with van der Waals surface area (Å²) in [5, 5.41) is 4.16. The SMILES string of the molecule is CCOc1ccc(CNC(=O)CCc2c(-c3ccc(OC)cc3)[nH]c3ccccc23)cc1OC. The molecule has 6 nitrogen and oxygen atoms in total. The van der Waals surface area contributed by atoms with Crippen LogP contribution in [0.3, 0.4) is 0 Å². The zero-order chi connectivity index (χ0) is 23.9.